The average Bonchev–Trinajstić information content (AvgIpc) is 1.94. The van der Waals surface area contributed by atoms with Crippen LogP contribution in [0, 0.1) is 5.92 Å². The van der Waals surface area contributed by atoms with E-state index in [9.17, 15) is 23.1 Å². The highest BCUT2D eigenvalue weighted by molar-refractivity contribution is 5.81. The molecule has 1 atom stereocenters. The molecule has 0 saturated heterocycles. The minimum absolute atomic E-state index is 0.0449. The molecule has 1 aliphatic rings. The Hall–Kier alpha value is -0.780. The van der Waals surface area contributed by atoms with Gasteiger partial charge in [-0.05, 0) is 18.8 Å². The van der Waals surface area contributed by atoms with Crippen LogP contribution in [0.1, 0.15) is 19.3 Å². The Labute approximate surface area is 79.3 Å². The van der Waals surface area contributed by atoms with Crippen molar-refractivity contribution < 1.29 is 23.1 Å². The van der Waals surface area contributed by atoms with Crippen molar-refractivity contribution in [2.24, 2.45) is 5.92 Å². The van der Waals surface area contributed by atoms with Crippen LogP contribution >= 0.6 is 0 Å². The van der Waals surface area contributed by atoms with Crippen molar-refractivity contribution in [2.75, 3.05) is 6.54 Å². The van der Waals surface area contributed by atoms with Crippen molar-refractivity contribution in [1.82, 2.24) is 5.32 Å². The highest BCUT2D eigenvalue weighted by atomic mass is 19.4. The summed E-state index contributed by atoms with van der Waals surface area (Å²) in [6.45, 7) is -0.316. The van der Waals surface area contributed by atoms with Gasteiger partial charge in [0.15, 0.2) is 0 Å². The van der Waals surface area contributed by atoms with Crippen molar-refractivity contribution in [3.05, 3.63) is 0 Å². The molecule has 1 unspecified atom stereocenters. The number of hydrogen-bond acceptors (Lipinski definition) is 2. The lowest BCUT2D eigenvalue weighted by Gasteiger charge is -2.30. The molecule has 0 heterocycles. The number of carbonyl (C=O) groups excluding carboxylic acids is 1. The summed E-state index contributed by atoms with van der Waals surface area (Å²) in [5.74, 6) is -1.94. The van der Waals surface area contributed by atoms with Crippen LogP contribution in [0.4, 0.5) is 13.2 Å². The number of aliphatic hydroxyl groups excluding tert-OH is 1. The quantitative estimate of drug-likeness (QED) is 0.726. The van der Waals surface area contributed by atoms with Crippen LogP contribution in [0.2, 0.25) is 0 Å². The van der Waals surface area contributed by atoms with Gasteiger partial charge in [-0.3, -0.25) is 4.79 Å². The largest absolute Gasteiger partial charge is 0.471 e. The number of carbonyl (C=O) groups is 1. The van der Waals surface area contributed by atoms with Gasteiger partial charge < -0.3 is 10.4 Å². The van der Waals surface area contributed by atoms with E-state index in [1.165, 1.54) is 0 Å². The molecule has 0 aliphatic heterocycles. The molecule has 2 N–H and O–H groups in total. The predicted molar refractivity (Wildman–Crippen MR) is 42.4 cm³/mol. The number of alkyl halides is 3. The number of amides is 1. The maximum Gasteiger partial charge on any atom is 0.471 e. The summed E-state index contributed by atoms with van der Waals surface area (Å²) in [5, 5.41) is 11.0. The van der Waals surface area contributed by atoms with E-state index in [2.05, 4.69) is 0 Å². The molecule has 0 aromatic heterocycles. The molecule has 82 valence electrons. The fourth-order valence-corrected chi connectivity index (χ4v) is 1.29. The molecule has 1 rings (SSSR count). The SMILES string of the molecule is O=C(NCC(O)C1CCC1)C(F)(F)F. The van der Waals surface area contributed by atoms with Crippen LogP contribution in [0.3, 0.4) is 0 Å². The molecule has 0 radical (unpaired) electrons. The van der Waals surface area contributed by atoms with Gasteiger partial charge >= 0.3 is 12.1 Å². The normalized spacial score (nSPS) is 20.0. The molecule has 1 amide bonds. The van der Waals surface area contributed by atoms with Crippen LogP contribution < -0.4 is 5.32 Å². The van der Waals surface area contributed by atoms with E-state index in [0.717, 1.165) is 19.3 Å². The lowest BCUT2D eigenvalue weighted by Crippen LogP contribution is -2.43. The highest BCUT2D eigenvalue weighted by Crippen LogP contribution is 2.29. The number of nitrogens with one attached hydrogen (secondary N) is 1. The average molecular weight is 211 g/mol. The molecule has 1 aliphatic carbocycles. The molecule has 6 heteroatoms. The van der Waals surface area contributed by atoms with Gasteiger partial charge in [0.25, 0.3) is 0 Å². The molecule has 0 aromatic carbocycles. The summed E-state index contributed by atoms with van der Waals surface area (Å²) < 4.78 is 35.1. The van der Waals surface area contributed by atoms with E-state index in [-0.39, 0.29) is 12.5 Å². The first-order chi connectivity index (χ1) is 6.41. The fourth-order valence-electron chi connectivity index (χ4n) is 1.29. The maximum absolute atomic E-state index is 11.7. The van der Waals surface area contributed by atoms with Crippen molar-refractivity contribution in [3.8, 4) is 0 Å². The Morgan fingerprint density at radius 3 is 2.43 bits per heavy atom. The highest BCUT2D eigenvalue weighted by Gasteiger charge is 2.39. The summed E-state index contributed by atoms with van der Waals surface area (Å²) in [4.78, 5) is 10.4. The second-order valence-corrected chi connectivity index (χ2v) is 3.47. The van der Waals surface area contributed by atoms with E-state index in [1.807, 2.05) is 0 Å². The van der Waals surface area contributed by atoms with E-state index >= 15 is 0 Å². The zero-order valence-electron chi connectivity index (χ0n) is 7.47. The lowest BCUT2D eigenvalue weighted by atomic mass is 9.81. The van der Waals surface area contributed by atoms with Crippen LogP contribution in [0.15, 0.2) is 0 Å². The van der Waals surface area contributed by atoms with E-state index in [0.29, 0.717) is 0 Å². The number of halogens is 3. The topological polar surface area (TPSA) is 49.3 Å². The summed E-state index contributed by atoms with van der Waals surface area (Å²) in [7, 11) is 0. The number of rotatable bonds is 3. The Morgan fingerprint density at radius 1 is 1.50 bits per heavy atom. The first-order valence-corrected chi connectivity index (χ1v) is 4.44. The second-order valence-electron chi connectivity index (χ2n) is 3.47. The molecule has 0 aromatic rings. The third-order valence-corrected chi connectivity index (χ3v) is 2.42. The first kappa shape index (κ1) is 11.3. The lowest BCUT2D eigenvalue weighted by molar-refractivity contribution is -0.174. The summed E-state index contributed by atoms with van der Waals surface area (Å²) in [6, 6.07) is 0. The molecule has 1 fully saturated rings. The van der Waals surface area contributed by atoms with Gasteiger partial charge in [-0.2, -0.15) is 13.2 Å². The van der Waals surface area contributed by atoms with Crippen molar-refractivity contribution in [3.63, 3.8) is 0 Å². The Bertz CT molecular complexity index is 213. The Kier molecular flexibility index (Phi) is 3.36. The van der Waals surface area contributed by atoms with Crippen molar-refractivity contribution in [2.45, 2.75) is 31.5 Å². The van der Waals surface area contributed by atoms with Gasteiger partial charge in [-0.25, -0.2) is 0 Å². The summed E-state index contributed by atoms with van der Waals surface area (Å²) in [6.07, 6.45) is -3.07. The Morgan fingerprint density at radius 2 is 2.07 bits per heavy atom. The van der Waals surface area contributed by atoms with Gasteiger partial charge in [0, 0.05) is 6.54 Å². The molecule has 3 nitrogen and oxygen atoms in total. The minimum atomic E-state index is -4.86. The molecule has 0 spiro atoms. The van der Waals surface area contributed by atoms with Crippen molar-refractivity contribution >= 4 is 5.91 Å². The molecule has 1 saturated carbocycles. The van der Waals surface area contributed by atoms with Gasteiger partial charge in [0.05, 0.1) is 6.10 Å². The van der Waals surface area contributed by atoms with Gasteiger partial charge in [-0.1, -0.05) is 6.42 Å². The van der Waals surface area contributed by atoms with Crippen LogP contribution in [0.25, 0.3) is 0 Å². The Balaban J connectivity index is 2.22. The van der Waals surface area contributed by atoms with Crippen LogP contribution in [0.5, 0.6) is 0 Å². The minimum Gasteiger partial charge on any atom is -0.391 e. The predicted octanol–water partition coefficient (Wildman–Crippen LogP) is 0.826. The third-order valence-electron chi connectivity index (χ3n) is 2.42. The standard InChI is InChI=1S/C8H12F3NO2/c9-8(10,11)7(14)12-4-6(13)5-2-1-3-5/h5-6,13H,1-4H2,(H,12,14). The summed E-state index contributed by atoms with van der Waals surface area (Å²) in [5.41, 5.74) is 0. The second kappa shape index (κ2) is 4.16. The van der Waals surface area contributed by atoms with Crippen molar-refractivity contribution in [1.29, 1.82) is 0 Å². The van der Waals surface area contributed by atoms with Crippen LogP contribution in [-0.4, -0.2) is 29.8 Å². The molecule has 14 heavy (non-hydrogen) atoms. The van der Waals surface area contributed by atoms with E-state index < -0.39 is 18.2 Å². The smallest absolute Gasteiger partial charge is 0.391 e. The van der Waals surface area contributed by atoms with Gasteiger partial charge in [0.2, 0.25) is 0 Å². The molecular weight excluding hydrogens is 199 g/mol. The van der Waals surface area contributed by atoms with E-state index in [4.69, 9.17) is 0 Å². The maximum atomic E-state index is 11.7. The zero-order chi connectivity index (χ0) is 10.8. The van der Waals surface area contributed by atoms with Gasteiger partial charge in [0.1, 0.15) is 0 Å². The molecule has 0 bridgehead atoms. The molecular formula is C8H12F3NO2. The zero-order valence-corrected chi connectivity index (χ0v) is 7.47. The number of hydrogen-bond donors (Lipinski definition) is 2. The monoisotopic (exact) mass is 211 g/mol. The number of aliphatic hydroxyl groups is 1. The third kappa shape index (κ3) is 2.87. The van der Waals surface area contributed by atoms with Gasteiger partial charge in [-0.15, -0.1) is 0 Å². The van der Waals surface area contributed by atoms with E-state index in [1.54, 1.807) is 5.32 Å². The van der Waals surface area contributed by atoms with Crippen LogP contribution in [-0.2, 0) is 4.79 Å². The fraction of sp³-hybridized carbons (Fsp3) is 0.875. The summed E-state index contributed by atoms with van der Waals surface area (Å²) >= 11 is 0. The first-order valence-electron chi connectivity index (χ1n) is 4.44.